The molecule has 0 aliphatic carbocycles. The molecule has 0 radical (unpaired) electrons. The first-order valence-electron chi connectivity index (χ1n) is 5.78. The van der Waals surface area contributed by atoms with Crippen molar-refractivity contribution in [2.75, 3.05) is 11.1 Å². The maximum atomic E-state index is 12.1. The van der Waals surface area contributed by atoms with Gasteiger partial charge < -0.3 is 11.1 Å². The highest BCUT2D eigenvalue weighted by molar-refractivity contribution is 6.06. The van der Waals surface area contributed by atoms with Gasteiger partial charge in [-0.2, -0.15) is 10.4 Å². The molecule has 0 aliphatic heterocycles. The van der Waals surface area contributed by atoms with Crippen molar-refractivity contribution in [3.63, 3.8) is 0 Å². The first-order chi connectivity index (χ1) is 9.15. The van der Waals surface area contributed by atoms with E-state index in [2.05, 4.69) is 10.4 Å². The zero-order valence-electron chi connectivity index (χ0n) is 10.4. The Kier molecular flexibility index (Phi) is 3.48. The van der Waals surface area contributed by atoms with Gasteiger partial charge in [0.25, 0.3) is 5.91 Å². The molecule has 0 spiro atoms. The van der Waals surface area contributed by atoms with Crippen LogP contribution in [0.1, 0.15) is 23.0 Å². The summed E-state index contributed by atoms with van der Waals surface area (Å²) in [7, 11) is 0. The molecule has 2 rings (SSSR count). The highest BCUT2D eigenvalue weighted by Gasteiger charge is 2.16. The third-order valence-corrected chi connectivity index (χ3v) is 2.65. The molecule has 3 N–H and O–H groups in total. The van der Waals surface area contributed by atoms with Crippen molar-refractivity contribution in [2.45, 2.75) is 13.5 Å². The molecule has 6 heteroatoms. The second-order valence-corrected chi connectivity index (χ2v) is 3.91. The Bertz CT molecular complexity index is 636. The summed E-state index contributed by atoms with van der Waals surface area (Å²) in [5.41, 5.74) is 7.55. The maximum Gasteiger partial charge on any atom is 0.276 e. The molecule has 0 unspecified atom stereocenters. The van der Waals surface area contributed by atoms with Gasteiger partial charge in [0, 0.05) is 12.2 Å². The zero-order valence-corrected chi connectivity index (χ0v) is 10.4. The van der Waals surface area contributed by atoms with E-state index in [1.807, 2.05) is 13.0 Å². The second kappa shape index (κ2) is 5.23. The molecule has 0 fully saturated rings. The van der Waals surface area contributed by atoms with Crippen molar-refractivity contribution < 1.29 is 4.79 Å². The Morgan fingerprint density at radius 3 is 2.74 bits per heavy atom. The Labute approximate surface area is 110 Å². The van der Waals surface area contributed by atoms with E-state index in [1.165, 1.54) is 10.9 Å². The van der Waals surface area contributed by atoms with Crippen LogP contribution in [0.2, 0.25) is 0 Å². The standard InChI is InChI=1S/C13H13N5O/c1-2-18-12(11(15)8-16-18)13(19)17-10-5-3-9(7-14)4-6-10/h3-6,8H,2,15H2,1H3,(H,17,19). The number of aryl methyl sites for hydroxylation is 1. The Morgan fingerprint density at radius 1 is 1.47 bits per heavy atom. The molecule has 0 saturated heterocycles. The summed E-state index contributed by atoms with van der Waals surface area (Å²) in [5.74, 6) is -0.318. The monoisotopic (exact) mass is 255 g/mol. The van der Waals surface area contributed by atoms with Crippen LogP contribution in [0.15, 0.2) is 30.5 Å². The van der Waals surface area contributed by atoms with Crippen LogP contribution in [0.5, 0.6) is 0 Å². The van der Waals surface area contributed by atoms with Crippen molar-refractivity contribution in [3.05, 3.63) is 41.7 Å². The number of aromatic nitrogens is 2. The first-order valence-corrected chi connectivity index (χ1v) is 5.78. The Balaban J connectivity index is 2.21. The van der Waals surface area contributed by atoms with Crippen LogP contribution < -0.4 is 11.1 Å². The van der Waals surface area contributed by atoms with Crippen LogP contribution >= 0.6 is 0 Å². The molecule has 1 aromatic carbocycles. The molecule has 1 aromatic heterocycles. The number of nitrogen functional groups attached to an aromatic ring is 1. The fourth-order valence-electron chi connectivity index (χ4n) is 1.71. The molecular formula is C13H13N5O. The van der Waals surface area contributed by atoms with Crippen molar-refractivity contribution in [3.8, 4) is 6.07 Å². The summed E-state index contributed by atoms with van der Waals surface area (Å²) in [5, 5.41) is 15.4. The van der Waals surface area contributed by atoms with Gasteiger partial charge in [-0.3, -0.25) is 9.48 Å². The minimum Gasteiger partial charge on any atom is -0.396 e. The molecule has 0 bridgehead atoms. The van der Waals surface area contributed by atoms with Crippen molar-refractivity contribution in [2.24, 2.45) is 0 Å². The molecule has 19 heavy (non-hydrogen) atoms. The predicted octanol–water partition coefficient (Wildman–Crippen LogP) is 1.61. The van der Waals surface area contributed by atoms with E-state index in [0.29, 0.717) is 29.2 Å². The van der Waals surface area contributed by atoms with E-state index in [4.69, 9.17) is 11.0 Å². The van der Waals surface area contributed by atoms with Gasteiger partial charge in [0.1, 0.15) is 5.69 Å². The van der Waals surface area contributed by atoms with Gasteiger partial charge >= 0.3 is 0 Å². The molecule has 2 aromatic rings. The number of hydrogen-bond acceptors (Lipinski definition) is 4. The minimum absolute atomic E-state index is 0.318. The smallest absolute Gasteiger partial charge is 0.276 e. The third-order valence-electron chi connectivity index (χ3n) is 2.65. The van der Waals surface area contributed by atoms with Crippen molar-refractivity contribution in [1.29, 1.82) is 5.26 Å². The van der Waals surface area contributed by atoms with E-state index in [-0.39, 0.29) is 5.91 Å². The zero-order chi connectivity index (χ0) is 13.8. The van der Waals surface area contributed by atoms with Crippen LogP contribution in [-0.2, 0) is 6.54 Å². The number of nitrogens with zero attached hydrogens (tertiary/aromatic N) is 3. The number of hydrogen-bond donors (Lipinski definition) is 2. The van der Waals surface area contributed by atoms with E-state index in [0.717, 1.165) is 0 Å². The average molecular weight is 255 g/mol. The maximum absolute atomic E-state index is 12.1. The van der Waals surface area contributed by atoms with Gasteiger partial charge in [0.2, 0.25) is 0 Å². The topological polar surface area (TPSA) is 96.7 Å². The second-order valence-electron chi connectivity index (χ2n) is 3.91. The van der Waals surface area contributed by atoms with Crippen LogP contribution in [0.4, 0.5) is 11.4 Å². The van der Waals surface area contributed by atoms with Crippen molar-refractivity contribution >= 4 is 17.3 Å². The number of anilines is 2. The van der Waals surface area contributed by atoms with E-state index >= 15 is 0 Å². The summed E-state index contributed by atoms with van der Waals surface area (Å²) in [4.78, 5) is 12.1. The number of rotatable bonds is 3. The number of nitrogens with one attached hydrogen (secondary N) is 1. The summed E-state index contributed by atoms with van der Waals surface area (Å²) in [6, 6.07) is 8.62. The Hall–Kier alpha value is -2.81. The molecule has 0 atom stereocenters. The van der Waals surface area contributed by atoms with Crippen LogP contribution in [0.25, 0.3) is 0 Å². The molecular weight excluding hydrogens is 242 g/mol. The number of carbonyl (C=O) groups excluding carboxylic acids is 1. The van der Waals surface area contributed by atoms with Gasteiger partial charge in [0.05, 0.1) is 23.5 Å². The van der Waals surface area contributed by atoms with Crippen LogP contribution in [0.3, 0.4) is 0 Å². The number of nitriles is 1. The fourth-order valence-corrected chi connectivity index (χ4v) is 1.71. The molecule has 1 heterocycles. The lowest BCUT2D eigenvalue weighted by Crippen LogP contribution is -2.18. The number of benzene rings is 1. The van der Waals surface area contributed by atoms with Gasteiger partial charge in [-0.1, -0.05) is 0 Å². The lowest BCUT2D eigenvalue weighted by atomic mass is 10.2. The average Bonchev–Trinajstić information content (AvgIpc) is 2.80. The normalized spacial score (nSPS) is 9.89. The van der Waals surface area contributed by atoms with Gasteiger partial charge in [-0.05, 0) is 31.2 Å². The minimum atomic E-state index is -0.318. The summed E-state index contributed by atoms with van der Waals surface area (Å²) < 4.78 is 1.54. The van der Waals surface area contributed by atoms with Gasteiger partial charge in [-0.25, -0.2) is 0 Å². The van der Waals surface area contributed by atoms with E-state index in [9.17, 15) is 4.79 Å². The van der Waals surface area contributed by atoms with E-state index in [1.54, 1.807) is 24.3 Å². The number of nitrogens with two attached hydrogens (primary N) is 1. The third kappa shape index (κ3) is 2.55. The van der Waals surface area contributed by atoms with Crippen molar-refractivity contribution in [1.82, 2.24) is 9.78 Å². The molecule has 96 valence electrons. The lowest BCUT2D eigenvalue weighted by molar-refractivity contribution is 0.101. The Morgan fingerprint density at radius 2 is 2.16 bits per heavy atom. The first kappa shape index (κ1) is 12.6. The van der Waals surface area contributed by atoms with Crippen LogP contribution in [-0.4, -0.2) is 15.7 Å². The molecule has 6 nitrogen and oxygen atoms in total. The fraction of sp³-hybridized carbons (Fsp3) is 0.154. The lowest BCUT2D eigenvalue weighted by Gasteiger charge is -2.07. The van der Waals surface area contributed by atoms with E-state index < -0.39 is 0 Å². The predicted molar refractivity (Wildman–Crippen MR) is 71.4 cm³/mol. The summed E-state index contributed by atoms with van der Waals surface area (Å²) >= 11 is 0. The highest BCUT2D eigenvalue weighted by atomic mass is 16.2. The number of carbonyl (C=O) groups is 1. The van der Waals surface area contributed by atoms with Gasteiger partial charge in [-0.15, -0.1) is 0 Å². The molecule has 0 aliphatic rings. The van der Waals surface area contributed by atoms with Gasteiger partial charge in [0.15, 0.2) is 0 Å². The number of amides is 1. The molecule has 1 amide bonds. The summed E-state index contributed by atoms with van der Waals surface area (Å²) in [6.07, 6.45) is 1.46. The van der Waals surface area contributed by atoms with Crippen LogP contribution in [0, 0.1) is 11.3 Å². The molecule has 0 saturated carbocycles. The SMILES string of the molecule is CCn1ncc(N)c1C(=O)Nc1ccc(C#N)cc1. The largest absolute Gasteiger partial charge is 0.396 e. The summed E-state index contributed by atoms with van der Waals surface area (Å²) in [6.45, 7) is 2.44. The highest BCUT2D eigenvalue weighted by Crippen LogP contribution is 2.15. The quantitative estimate of drug-likeness (QED) is 0.870.